The zero-order valence-corrected chi connectivity index (χ0v) is 16.5. The van der Waals surface area contributed by atoms with Crippen molar-refractivity contribution in [3.8, 4) is 5.75 Å². The summed E-state index contributed by atoms with van der Waals surface area (Å²) in [6, 6.07) is 5.07. The Balaban J connectivity index is 1.64. The molecule has 0 bridgehead atoms. The molecule has 2 aromatic rings. The van der Waals surface area contributed by atoms with Gasteiger partial charge in [-0.25, -0.2) is 19.0 Å². The van der Waals surface area contributed by atoms with E-state index in [4.69, 9.17) is 9.47 Å². The first-order chi connectivity index (χ1) is 13.6. The third kappa shape index (κ3) is 4.98. The van der Waals surface area contributed by atoms with Crippen molar-refractivity contribution in [2.45, 2.75) is 45.5 Å². The van der Waals surface area contributed by atoms with Crippen molar-refractivity contribution in [3.05, 3.63) is 41.2 Å². The van der Waals surface area contributed by atoms with Crippen LogP contribution >= 0.6 is 0 Å². The summed E-state index contributed by atoms with van der Waals surface area (Å²) in [5, 5.41) is 11.2. The molecule has 0 saturated carbocycles. The van der Waals surface area contributed by atoms with Gasteiger partial charge in [0.15, 0.2) is 23.4 Å². The smallest absolute Gasteiger partial charge is 0.191 e. The van der Waals surface area contributed by atoms with E-state index >= 15 is 0 Å². The SMILES string of the molecule is CCNC(=NCc1ccc(OC)c(F)c1)NC1CCc2nc(COC)nn2C1. The van der Waals surface area contributed by atoms with Crippen LogP contribution in [0.1, 0.15) is 30.6 Å². The van der Waals surface area contributed by atoms with E-state index in [-0.39, 0.29) is 17.6 Å². The standard InChI is InChI=1S/C19H27FN6O2/c1-4-21-19(22-10-13-5-7-16(28-3)15(20)9-13)23-14-6-8-18-24-17(12-27-2)25-26(18)11-14/h5,7,9,14H,4,6,8,10-12H2,1-3H3,(H2,21,22,23). The number of rotatable bonds is 7. The highest BCUT2D eigenvalue weighted by atomic mass is 19.1. The van der Waals surface area contributed by atoms with E-state index in [1.54, 1.807) is 13.2 Å². The van der Waals surface area contributed by atoms with Crippen molar-refractivity contribution in [1.82, 2.24) is 25.4 Å². The van der Waals surface area contributed by atoms with Crippen LogP contribution in [0.5, 0.6) is 5.75 Å². The molecule has 0 spiro atoms. The van der Waals surface area contributed by atoms with Gasteiger partial charge in [-0.1, -0.05) is 6.07 Å². The van der Waals surface area contributed by atoms with Crippen LogP contribution in [0.4, 0.5) is 4.39 Å². The maximum Gasteiger partial charge on any atom is 0.191 e. The zero-order chi connectivity index (χ0) is 19.9. The van der Waals surface area contributed by atoms with Crippen molar-refractivity contribution in [1.29, 1.82) is 0 Å². The summed E-state index contributed by atoms with van der Waals surface area (Å²) < 4.78 is 25.9. The topological polar surface area (TPSA) is 85.6 Å². The van der Waals surface area contributed by atoms with Gasteiger partial charge in [0.1, 0.15) is 12.4 Å². The molecule has 0 amide bonds. The summed E-state index contributed by atoms with van der Waals surface area (Å²) in [5.41, 5.74) is 0.780. The molecule has 1 aliphatic heterocycles. The number of aryl methyl sites for hydroxylation is 1. The lowest BCUT2D eigenvalue weighted by Crippen LogP contribution is -2.47. The second kappa shape index (κ2) is 9.50. The predicted molar refractivity (Wildman–Crippen MR) is 104 cm³/mol. The fraction of sp³-hybridized carbons (Fsp3) is 0.526. The highest BCUT2D eigenvalue weighted by Gasteiger charge is 2.22. The van der Waals surface area contributed by atoms with Gasteiger partial charge < -0.3 is 20.1 Å². The van der Waals surface area contributed by atoms with Gasteiger partial charge in [-0.2, -0.15) is 5.10 Å². The van der Waals surface area contributed by atoms with Crippen molar-refractivity contribution < 1.29 is 13.9 Å². The summed E-state index contributed by atoms with van der Waals surface area (Å²) in [7, 11) is 3.09. The molecular weight excluding hydrogens is 363 g/mol. The summed E-state index contributed by atoms with van der Waals surface area (Å²) in [4.78, 5) is 9.08. The molecule has 1 aromatic heterocycles. The molecule has 28 heavy (non-hydrogen) atoms. The van der Waals surface area contributed by atoms with Gasteiger partial charge in [0.2, 0.25) is 0 Å². The summed E-state index contributed by atoms with van der Waals surface area (Å²) in [5.74, 6) is 2.24. The normalized spacial score (nSPS) is 16.6. The second-order valence-corrected chi connectivity index (χ2v) is 6.60. The quantitative estimate of drug-likeness (QED) is 0.552. The third-order valence-corrected chi connectivity index (χ3v) is 4.50. The van der Waals surface area contributed by atoms with E-state index in [9.17, 15) is 4.39 Å². The van der Waals surface area contributed by atoms with Gasteiger partial charge >= 0.3 is 0 Å². The molecule has 8 nitrogen and oxygen atoms in total. The van der Waals surface area contributed by atoms with Crippen molar-refractivity contribution >= 4 is 5.96 Å². The Kier molecular flexibility index (Phi) is 6.80. The number of nitrogens with one attached hydrogen (secondary N) is 2. The highest BCUT2D eigenvalue weighted by molar-refractivity contribution is 5.80. The zero-order valence-electron chi connectivity index (χ0n) is 16.5. The van der Waals surface area contributed by atoms with E-state index < -0.39 is 0 Å². The molecule has 1 unspecified atom stereocenters. The minimum atomic E-state index is -0.383. The van der Waals surface area contributed by atoms with Crippen molar-refractivity contribution in [2.24, 2.45) is 4.99 Å². The molecule has 1 aromatic carbocycles. The van der Waals surface area contributed by atoms with E-state index in [0.29, 0.717) is 31.5 Å². The average Bonchev–Trinajstić information content (AvgIpc) is 3.08. The Morgan fingerprint density at radius 2 is 2.25 bits per heavy atom. The number of hydrogen-bond acceptors (Lipinski definition) is 5. The number of nitrogens with zero attached hydrogens (tertiary/aromatic N) is 4. The first-order valence-electron chi connectivity index (χ1n) is 9.41. The molecule has 2 N–H and O–H groups in total. The van der Waals surface area contributed by atoms with Gasteiger partial charge in [0.05, 0.1) is 20.2 Å². The minimum absolute atomic E-state index is 0.190. The van der Waals surface area contributed by atoms with Gasteiger partial charge in [-0.3, -0.25) is 0 Å². The van der Waals surface area contributed by atoms with Crippen molar-refractivity contribution in [3.63, 3.8) is 0 Å². The maximum atomic E-state index is 13.9. The van der Waals surface area contributed by atoms with E-state index in [2.05, 4.69) is 25.7 Å². The summed E-state index contributed by atoms with van der Waals surface area (Å²) in [6.07, 6.45) is 1.78. The van der Waals surface area contributed by atoms with Crippen LogP contribution in [0, 0.1) is 5.82 Å². The average molecular weight is 390 g/mol. The van der Waals surface area contributed by atoms with Crippen molar-refractivity contribution in [2.75, 3.05) is 20.8 Å². The fourth-order valence-corrected chi connectivity index (χ4v) is 3.16. The number of halogens is 1. The van der Waals surface area contributed by atoms with E-state index in [0.717, 1.165) is 30.8 Å². The first-order valence-corrected chi connectivity index (χ1v) is 9.41. The Hall–Kier alpha value is -2.68. The summed E-state index contributed by atoms with van der Waals surface area (Å²) >= 11 is 0. The second-order valence-electron chi connectivity index (χ2n) is 6.60. The molecule has 0 radical (unpaired) electrons. The van der Waals surface area contributed by atoms with Crippen LogP contribution in [0.15, 0.2) is 23.2 Å². The molecular formula is C19H27FN6O2. The number of ether oxygens (including phenoxy) is 2. The lowest BCUT2D eigenvalue weighted by Gasteiger charge is -2.25. The molecule has 152 valence electrons. The van der Waals surface area contributed by atoms with Crippen LogP contribution in [0.2, 0.25) is 0 Å². The highest BCUT2D eigenvalue weighted by Crippen LogP contribution is 2.18. The van der Waals surface area contributed by atoms with Gasteiger partial charge in [0, 0.05) is 26.1 Å². The van der Waals surface area contributed by atoms with Gasteiger partial charge in [-0.05, 0) is 31.0 Å². The molecule has 0 aliphatic carbocycles. The molecule has 0 saturated heterocycles. The Morgan fingerprint density at radius 1 is 1.39 bits per heavy atom. The number of benzene rings is 1. The largest absolute Gasteiger partial charge is 0.494 e. The first kappa shape index (κ1) is 20.1. The minimum Gasteiger partial charge on any atom is -0.494 e. The number of methoxy groups -OCH3 is 2. The van der Waals surface area contributed by atoms with Gasteiger partial charge in [-0.15, -0.1) is 0 Å². The van der Waals surface area contributed by atoms with E-state index in [1.165, 1.54) is 13.2 Å². The molecule has 0 fully saturated rings. The molecule has 9 heteroatoms. The number of hydrogen-bond donors (Lipinski definition) is 2. The molecule has 1 atom stereocenters. The van der Waals surface area contributed by atoms with Crippen LogP contribution in [-0.4, -0.2) is 47.5 Å². The molecule has 2 heterocycles. The summed E-state index contributed by atoms with van der Waals surface area (Å²) in [6.45, 7) is 4.25. The van der Waals surface area contributed by atoms with Crippen LogP contribution in [-0.2, 0) is 30.9 Å². The number of fused-ring (bicyclic) bond motifs is 1. The van der Waals surface area contributed by atoms with E-state index in [1.807, 2.05) is 17.7 Å². The van der Waals surface area contributed by atoms with Crippen LogP contribution in [0.3, 0.4) is 0 Å². The van der Waals surface area contributed by atoms with Gasteiger partial charge in [0.25, 0.3) is 0 Å². The number of aliphatic imine (C=N–C) groups is 1. The predicted octanol–water partition coefficient (Wildman–Crippen LogP) is 1.64. The lowest BCUT2D eigenvalue weighted by molar-refractivity contribution is 0.177. The van der Waals surface area contributed by atoms with Crippen LogP contribution < -0.4 is 15.4 Å². The molecule has 3 rings (SSSR count). The Labute approximate surface area is 164 Å². The van der Waals surface area contributed by atoms with Crippen LogP contribution in [0.25, 0.3) is 0 Å². The number of aromatic nitrogens is 3. The lowest BCUT2D eigenvalue weighted by atomic mass is 10.1. The maximum absolute atomic E-state index is 13.9. The number of guanidine groups is 1. The molecule has 1 aliphatic rings. The Bertz CT molecular complexity index is 823. The fourth-order valence-electron chi connectivity index (χ4n) is 3.16. The monoisotopic (exact) mass is 390 g/mol. The Morgan fingerprint density at radius 3 is 2.96 bits per heavy atom. The third-order valence-electron chi connectivity index (χ3n) is 4.50.